The van der Waals surface area contributed by atoms with Gasteiger partial charge in [0.05, 0.1) is 6.04 Å². The average molecular weight is 348 g/mol. The van der Waals surface area contributed by atoms with Gasteiger partial charge < -0.3 is 9.88 Å². The first-order chi connectivity index (χ1) is 8.97. The minimum Gasteiger partial charge on any atom is -0.353 e. The third-order valence-electron chi connectivity index (χ3n) is 3.62. The van der Waals surface area contributed by atoms with Gasteiger partial charge in [-0.3, -0.25) is 4.90 Å². The molecule has 0 spiro atoms. The van der Waals surface area contributed by atoms with E-state index in [4.69, 9.17) is 0 Å². The normalized spacial score (nSPS) is 17.7. The molecule has 0 bridgehead atoms. The molecule has 0 saturated carbocycles. The first-order valence-corrected chi connectivity index (χ1v) is 6.60. The second kappa shape index (κ2) is 8.88. The van der Waals surface area contributed by atoms with Crippen LogP contribution in [0.4, 0.5) is 13.2 Å². The van der Waals surface area contributed by atoms with Crippen molar-refractivity contribution >= 4 is 24.8 Å². The lowest BCUT2D eigenvalue weighted by molar-refractivity contribution is -0.138. The van der Waals surface area contributed by atoms with Crippen LogP contribution in [0.25, 0.3) is 0 Å². The predicted molar refractivity (Wildman–Crippen MR) is 82.4 cm³/mol. The Kier molecular flexibility index (Phi) is 8.70. The number of nitrogens with zero attached hydrogens (tertiary/aromatic N) is 2. The first kappa shape index (κ1) is 20.6. The molecule has 0 aromatic carbocycles. The molecular formula is C13H22Cl2F3N3. The standard InChI is InChI=1S/C13H20F3N3.2ClH/c1-18-8-2-3-11(18)12(4-5-13(14,15)16)19-9-6-17-7-10-19;;/h2-3,8,12,17H,4-7,9-10H2,1H3;2*1H/t12-;;/m1../s1. The Balaban J connectivity index is 0.00000200. The van der Waals surface area contributed by atoms with E-state index in [-0.39, 0.29) is 37.3 Å². The summed E-state index contributed by atoms with van der Waals surface area (Å²) in [4.78, 5) is 2.15. The van der Waals surface area contributed by atoms with E-state index in [0.29, 0.717) is 0 Å². The lowest BCUT2D eigenvalue weighted by Gasteiger charge is -2.35. The van der Waals surface area contributed by atoms with Crippen LogP contribution < -0.4 is 5.32 Å². The Bertz CT molecular complexity index is 404. The molecule has 1 aliphatic rings. The van der Waals surface area contributed by atoms with E-state index in [2.05, 4.69) is 10.2 Å². The highest BCUT2D eigenvalue weighted by atomic mass is 35.5. The maximum Gasteiger partial charge on any atom is 0.389 e. The Morgan fingerprint density at radius 2 is 1.86 bits per heavy atom. The van der Waals surface area contributed by atoms with Crippen molar-refractivity contribution in [2.75, 3.05) is 26.2 Å². The van der Waals surface area contributed by atoms with Crippen molar-refractivity contribution in [1.29, 1.82) is 0 Å². The van der Waals surface area contributed by atoms with E-state index >= 15 is 0 Å². The topological polar surface area (TPSA) is 20.2 Å². The van der Waals surface area contributed by atoms with E-state index in [0.717, 1.165) is 31.9 Å². The van der Waals surface area contributed by atoms with Gasteiger partial charge in [-0.1, -0.05) is 0 Å². The summed E-state index contributed by atoms with van der Waals surface area (Å²) in [7, 11) is 1.89. The van der Waals surface area contributed by atoms with Gasteiger partial charge in [-0.15, -0.1) is 24.8 Å². The van der Waals surface area contributed by atoms with E-state index in [1.807, 2.05) is 29.9 Å². The first-order valence-electron chi connectivity index (χ1n) is 6.60. The minimum absolute atomic E-state index is 0. The highest BCUT2D eigenvalue weighted by molar-refractivity contribution is 5.85. The molecule has 0 aliphatic carbocycles. The molecule has 0 unspecified atom stereocenters. The molecule has 2 rings (SSSR count). The third-order valence-corrected chi connectivity index (χ3v) is 3.62. The maximum absolute atomic E-state index is 12.5. The van der Waals surface area contributed by atoms with Crippen LogP contribution in [0.2, 0.25) is 0 Å². The van der Waals surface area contributed by atoms with Crippen LogP contribution in [0.15, 0.2) is 18.3 Å². The van der Waals surface area contributed by atoms with Crippen molar-refractivity contribution in [2.24, 2.45) is 7.05 Å². The van der Waals surface area contributed by atoms with Gasteiger partial charge in [-0.05, 0) is 18.6 Å². The van der Waals surface area contributed by atoms with E-state index in [1.54, 1.807) is 0 Å². The van der Waals surface area contributed by atoms with Crippen molar-refractivity contribution in [2.45, 2.75) is 25.1 Å². The zero-order valence-corrected chi connectivity index (χ0v) is 13.5. The summed E-state index contributed by atoms with van der Waals surface area (Å²) in [6.07, 6.45) is -2.80. The second-order valence-corrected chi connectivity index (χ2v) is 5.00. The van der Waals surface area contributed by atoms with Gasteiger partial charge in [0.1, 0.15) is 0 Å². The molecule has 2 heterocycles. The van der Waals surface area contributed by atoms with E-state index in [1.165, 1.54) is 0 Å². The van der Waals surface area contributed by atoms with Gasteiger partial charge in [0.25, 0.3) is 0 Å². The Morgan fingerprint density at radius 3 is 2.33 bits per heavy atom. The number of piperazine rings is 1. The Hall–Kier alpha value is -0.430. The fourth-order valence-corrected chi connectivity index (χ4v) is 2.63. The molecule has 1 atom stereocenters. The van der Waals surface area contributed by atoms with Crippen molar-refractivity contribution < 1.29 is 13.2 Å². The number of hydrogen-bond acceptors (Lipinski definition) is 2. The van der Waals surface area contributed by atoms with Gasteiger partial charge in [-0.25, -0.2) is 0 Å². The lowest BCUT2D eigenvalue weighted by atomic mass is 10.0. The molecule has 0 amide bonds. The molecule has 124 valence electrons. The summed E-state index contributed by atoms with van der Waals surface area (Å²) in [5.41, 5.74) is 0.964. The zero-order valence-electron chi connectivity index (χ0n) is 11.9. The van der Waals surface area contributed by atoms with Crippen LogP contribution >= 0.6 is 24.8 Å². The fraction of sp³-hybridized carbons (Fsp3) is 0.692. The highest BCUT2D eigenvalue weighted by Gasteiger charge is 2.31. The van der Waals surface area contributed by atoms with Crippen molar-refractivity contribution in [1.82, 2.24) is 14.8 Å². The Labute approximate surface area is 135 Å². The van der Waals surface area contributed by atoms with E-state index in [9.17, 15) is 13.2 Å². The molecule has 1 aliphatic heterocycles. The van der Waals surface area contributed by atoms with Gasteiger partial charge in [-0.2, -0.15) is 13.2 Å². The molecule has 3 nitrogen and oxygen atoms in total. The molecule has 8 heteroatoms. The minimum atomic E-state index is -4.09. The summed E-state index contributed by atoms with van der Waals surface area (Å²) in [6.45, 7) is 3.28. The molecule has 1 N–H and O–H groups in total. The van der Waals surface area contributed by atoms with Crippen LogP contribution in [0.1, 0.15) is 24.6 Å². The van der Waals surface area contributed by atoms with Crippen LogP contribution in [-0.2, 0) is 7.05 Å². The van der Waals surface area contributed by atoms with Crippen molar-refractivity contribution in [3.63, 3.8) is 0 Å². The number of hydrogen-bond donors (Lipinski definition) is 1. The maximum atomic E-state index is 12.5. The Morgan fingerprint density at radius 1 is 1.24 bits per heavy atom. The lowest BCUT2D eigenvalue weighted by Crippen LogP contribution is -2.45. The second-order valence-electron chi connectivity index (χ2n) is 5.00. The smallest absolute Gasteiger partial charge is 0.353 e. The fourth-order valence-electron chi connectivity index (χ4n) is 2.63. The summed E-state index contributed by atoms with van der Waals surface area (Å²) in [5, 5.41) is 3.23. The quantitative estimate of drug-likeness (QED) is 0.902. The summed E-state index contributed by atoms with van der Waals surface area (Å²) >= 11 is 0. The van der Waals surface area contributed by atoms with Crippen molar-refractivity contribution in [3.8, 4) is 0 Å². The van der Waals surface area contributed by atoms with Gasteiger partial charge in [0.15, 0.2) is 0 Å². The molecule has 1 aromatic rings. The average Bonchev–Trinajstić information content (AvgIpc) is 2.76. The molecule has 1 aromatic heterocycles. The number of halogens is 5. The van der Waals surface area contributed by atoms with Crippen LogP contribution in [0.5, 0.6) is 0 Å². The molecule has 21 heavy (non-hydrogen) atoms. The summed E-state index contributed by atoms with van der Waals surface area (Å²) in [6, 6.07) is 3.66. The monoisotopic (exact) mass is 347 g/mol. The number of nitrogens with one attached hydrogen (secondary N) is 1. The summed E-state index contributed by atoms with van der Waals surface area (Å²) < 4.78 is 39.4. The van der Waals surface area contributed by atoms with Crippen molar-refractivity contribution in [3.05, 3.63) is 24.0 Å². The number of aryl methyl sites for hydroxylation is 1. The SMILES string of the molecule is Cl.Cl.Cn1cccc1[C@@H](CCC(F)(F)F)N1CCNCC1. The number of aromatic nitrogens is 1. The molecule has 0 radical (unpaired) electrons. The van der Waals surface area contributed by atoms with Crippen LogP contribution in [-0.4, -0.2) is 41.8 Å². The van der Waals surface area contributed by atoms with Gasteiger partial charge in [0.2, 0.25) is 0 Å². The molecule has 1 fully saturated rings. The van der Waals surface area contributed by atoms with Crippen LogP contribution in [0.3, 0.4) is 0 Å². The zero-order chi connectivity index (χ0) is 13.9. The largest absolute Gasteiger partial charge is 0.389 e. The highest BCUT2D eigenvalue weighted by Crippen LogP contribution is 2.31. The number of rotatable bonds is 4. The third kappa shape index (κ3) is 6.06. The van der Waals surface area contributed by atoms with Gasteiger partial charge in [0, 0.05) is 51.5 Å². The van der Waals surface area contributed by atoms with Gasteiger partial charge >= 0.3 is 6.18 Å². The number of alkyl halides is 3. The molecule has 1 saturated heterocycles. The summed E-state index contributed by atoms with van der Waals surface area (Å²) in [5.74, 6) is 0. The molecular weight excluding hydrogens is 326 g/mol. The van der Waals surface area contributed by atoms with E-state index < -0.39 is 12.6 Å². The predicted octanol–water partition coefficient (Wildman–Crippen LogP) is 3.16. The van der Waals surface area contributed by atoms with Crippen LogP contribution in [0, 0.1) is 0 Å².